The number of rotatable bonds is 3. The molecule has 1 aromatic carbocycles. The molecule has 2 nitrogen and oxygen atoms in total. The summed E-state index contributed by atoms with van der Waals surface area (Å²) < 4.78 is 0. The molecule has 1 heterocycles. The second-order valence-corrected chi connectivity index (χ2v) is 5.87. The van der Waals surface area contributed by atoms with Crippen molar-refractivity contribution in [2.75, 3.05) is 7.05 Å². The van der Waals surface area contributed by atoms with Crippen molar-refractivity contribution < 1.29 is 0 Å². The molecule has 3 heteroatoms. The Balaban J connectivity index is 2.48. The van der Waals surface area contributed by atoms with Crippen molar-refractivity contribution in [2.45, 2.75) is 33.7 Å². The van der Waals surface area contributed by atoms with Crippen LogP contribution in [0.4, 0.5) is 0 Å². The summed E-state index contributed by atoms with van der Waals surface area (Å²) in [6.45, 7) is 8.55. The van der Waals surface area contributed by atoms with Gasteiger partial charge in [0.1, 0.15) is 0 Å². The zero-order valence-corrected chi connectivity index (χ0v) is 12.5. The van der Waals surface area contributed by atoms with Crippen LogP contribution in [0.1, 0.15) is 39.0 Å². The van der Waals surface area contributed by atoms with Gasteiger partial charge in [-0.3, -0.25) is 0 Å². The zero-order chi connectivity index (χ0) is 13.3. The second-order valence-electron chi connectivity index (χ2n) is 4.81. The Kier molecular flexibility index (Phi) is 3.83. The fraction of sp³-hybridized carbons (Fsp3) is 0.400. The number of hydrogen-bond donors (Lipinski definition) is 1. The SMILES string of the molecule is CNC(c1csc(C)n1)c1cc(C)c(C)cc1C. The first-order chi connectivity index (χ1) is 8.52. The first kappa shape index (κ1) is 13.2. The molecule has 1 atom stereocenters. The van der Waals surface area contributed by atoms with Crippen molar-refractivity contribution >= 4 is 11.3 Å². The summed E-state index contributed by atoms with van der Waals surface area (Å²) in [5, 5.41) is 6.64. The van der Waals surface area contributed by atoms with E-state index >= 15 is 0 Å². The molecule has 0 saturated carbocycles. The summed E-state index contributed by atoms with van der Waals surface area (Å²) in [5.74, 6) is 0. The van der Waals surface area contributed by atoms with Crippen LogP contribution in [0.3, 0.4) is 0 Å². The molecule has 2 aromatic rings. The minimum atomic E-state index is 0.189. The van der Waals surface area contributed by atoms with Crippen LogP contribution in [-0.2, 0) is 0 Å². The number of aromatic nitrogens is 1. The molecule has 0 aliphatic carbocycles. The molecule has 0 saturated heterocycles. The van der Waals surface area contributed by atoms with Crippen molar-refractivity contribution in [1.82, 2.24) is 10.3 Å². The topological polar surface area (TPSA) is 24.9 Å². The fourth-order valence-electron chi connectivity index (χ4n) is 2.27. The number of nitrogens with zero attached hydrogens (tertiary/aromatic N) is 1. The van der Waals surface area contributed by atoms with Gasteiger partial charge in [-0.05, 0) is 57.0 Å². The highest BCUT2D eigenvalue weighted by Gasteiger charge is 2.17. The van der Waals surface area contributed by atoms with Crippen LogP contribution in [0.5, 0.6) is 0 Å². The van der Waals surface area contributed by atoms with E-state index in [-0.39, 0.29) is 6.04 Å². The number of aryl methyl sites for hydroxylation is 4. The third-order valence-corrected chi connectivity index (χ3v) is 4.21. The summed E-state index contributed by atoms with van der Waals surface area (Å²) in [6, 6.07) is 4.73. The lowest BCUT2D eigenvalue weighted by molar-refractivity contribution is 0.669. The van der Waals surface area contributed by atoms with E-state index in [0.29, 0.717) is 0 Å². The smallest absolute Gasteiger partial charge is 0.0898 e. The van der Waals surface area contributed by atoms with Crippen molar-refractivity contribution in [3.05, 3.63) is 50.5 Å². The molecule has 18 heavy (non-hydrogen) atoms. The summed E-state index contributed by atoms with van der Waals surface area (Å²) in [6.07, 6.45) is 0. The van der Waals surface area contributed by atoms with Gasteiger partial charge in [0.2, 0.25) is 0 Å². The Morgan fingerprint density at radius 2 is 1.72 bits per heavy atom. The highest BCUT2D eigenvalue weighted by Crippen LogP contribution is 2.27. The van der Waals surface area contributed by atoms with Crippen molar-refractivity contribution in [3.63, 3.8) is 0 Å². The molecular formula is C15H20N2S. The number of thiazole rings is 1. The van der Waals surface area contributed by atoms with E-state index in [2.05, 4.69) is 48.6 Å². The molecule has 2 rings (SSSR count). The maximum Gasteiger partial charge on any atom is 0.0898 e. The Hall–Kier alpha value is -1.19. The maximum atomic E-state index is 4.61. The normalized spacial score (nSPS) is 12.7. The molecule has 0 radical (unpaired) electrons. The minimum absolute atomic E-state index is 0.189. The van der Waals surface area contributed by atoms with Crippen LogP contribution < -0.4 is 5.32 Å². The number of hydrogen-bond acceptors (Lipinski definition) is 3. The van der Waals surface area contributed by atoms with E-state index in [1.807, 2.05) is 14.0 Å². The van der Waals surface area contributed by atoms with Gasteiger partial charge in [0, 0.05) is 5.38 Å². The third-order valence-electron chi connectivity index (χ3n) is 3.41. The van der Waals surface area contributed by atoms with E-state index in [4.69, 9.17) is 0 Å². The average Bonchev–Trinajstić information content (AvgIpc) is 2.73. The lowest BCUT2D eigenvalue weighted by atomic mass is 9.94. The minimum Gasteiger partial charge on any atom is -0.308 e. The van der Waals surface area contributed by atoms with Gasteiger partial charge in [-0.1, -0.05) is 12.1 Å². The van der Waals surface area contributed by atoms with Gasteiger partial charge in [-0.2, -0.15) is 0 Å². The second kappa shape index (κ2) is 5.21. The quantitative estimate of drug-likeness (QED) is 0.910. The average molecular weight is 260 g/mol. The van der Waals surface area contributed by atoms with Crippen LogP contribution in [0.2, 0.25) is 0 Å². The Bertz CT molecular complexity index is 558. The van der Waals surface area contributed by atoms with Gasteiger partial charge in [-0.15, -0.1) is 11.3 Å². The van der Waals surface area contributed by atoms with Crippen molar-refractivity contribution in [3.8, 4) is 0 Å². The van der Waals surface area contributed by atoms with Gasteiger partial charge in [-0.25, -0.2) is 4.98 Å². The first-order valence-electron chi connectivity index (χ1n) is 6.20. The van der Waals surface area contributed by atoms with Crippen molar-refractivity contribution in [2.24, 2.45) is 0 Å². The highest BCUT2D eigenvalue weighted by atomic mass is 32.1. The molecule has 1 N–H and O–H groups in total. The van der Waals surface area contributed by atoms with E-state index in [1.165, 1.54) is 22.3 Å². The van der Waals surface area contributed by atoms with E-state index in [1.54, 1.807) is 11.3 Å². The summed E-state index contributed by atoms with van der Waals surface area (Å²) >= 11 is 1.70. The zero-order valence-electron chi connectivity index (χ0n) is 11.7. The van der Waals surface area contributed by atoms with E-state index < -0.39 is 0 Å². The molecule has 96 valence electrons. The fourth-order valence-corrected chi connectivity index (χ4v) is 2.91. The molecule has 0 fully saturated rings. The van der Waals surface area contributed by atoms with Crippen LogP contribution in [0.25, 0.3) is 0 Å². The van der Waals surface area contributed by atoms with Crippen LogP contribution in [0, 0.1) is 27.7 Å². The monoisotopic (exact) mass is 260 g/mol. The van der Waals surface area contributed by atoms with Gasteiger partial charge in [0.25, 0.3) is 0 Å². The summed E-state index contributed by atoms with van der Waals surface area (Å²) in [7, 11) is 1.99. The Morgan fingerprint density at radius 1 is 1.06 bits per heavy atom. The molecule has 0 amide bonds. The van der Waals surface area contributed by atoms with Crippen molar-refractivity contribution in [1.29, 1.82) is 0 Å². The predicted octanol–water partition coefficient (Wildman–Crippen LogP) is 3.69. The molecule has 1 unspecified atom stereocenters. The Morgan fingerprint density at radius 3 is 2.28 bits per heavy atom. The van der Waals surface area contributed by atoms with Gasteiger partial charge in [0.15, 0.2) is 0 Å². The van der Waals surface area contributed by atoms with Crippen LogP contribution in [0.15, 0.2) is 17.5 Å². The molecule has 0 bridgehead atoms. The molecule has 0 aliphatic heterocycles. The van der Waals surface area contributed by atoms with E-state index in [0.717, 1.165) is 10.7 Å². The van der Waals surface area contributed by atoms with E-state index in [9.17, 15) is 0 Å². The van der Waals surface area contributed by atoms with Gasteiger partial charge >= 0.3 is 0 Å². The predicted molar refractivity (Wildman–Crippen MR) is 78.4 cm³/mol. The number of nitrogens with one attached hydrogen (secondary N) is 1. The largest absolute Gasteiger partial charge is 0.308 e. The maximum absolute atomic E-state index is 4.61. The third kappa shape index (κ3) is 2.47. The van der Waals surface area contributed by atoms with Crippen LogP contribution in [-0.4, -0.2) is 12.0 Å². The summed E-state index contributed by atoms with van der Waals surface area (Å²) in [4.78, 5) is 4.61. The molecule has 1 aromatic heterocycles. The van der Waals surface area contributed by atoms with Gasteiger partial charge < -0.3 is 5.32 Å². The summed E-state index contributed by atoms with van der Waals surface area (Å²) in [5.41, 5.74) is 6.45. The van der Waals surface area contributed by atoms with Gasteiger partial charge in [0.05, 0.1) is 16.7 Å². The lowest BCUT2D eigenvalue weighted by Crippen LogP contribution is -2.19. The molecule has 0 aliphatic rings. The molecular weight excluding hydrogens is 240 g/mol. The number of benzene rings is 1. The first-order valence-corrected chi connectivity index (χ1v) is 7.08. The van der Waals surface area contributed by atoms with Crippen LogP contribution >= 0.6 is 11.3 Å². The lowest BCUT2D eigenvalue weighted by Gasteiger charge is -2.18. The highest BCUT2D eigenvalue weighted by molar-refractivity contribution is 7.09. The standard InChI is InChI=1S/C15H20N2S/c1-9-6-11(3)13(7-10(9)2)15(16-5)14-8-18-12(4)17-14/h6-8,15-16H,1-5H3. The Labute approximate surface area is 113 Å². The molecule has 0 spiro atoms.